The van der Waals surface area contributed by atoms with Gasteiger partial charge in [0.2, 0.25) is 5.78 Å². The van der Waals surface area contributed by atoms with Crippen LogP contribution in [0.15, 0.2) is 36.1 Å². The first-order valence-electron chi connectivity index (χ1n) is 4.40. The van der Waals surface area contributed by atoms with Gasteiger partial charge in [0, 0.05) is 15.6 Å². The Morgan fingerprint density at radius 1 is 1.43 bits per heavy atom. The zero-order valence-corrected chi connectivity index (χ0v) is 9.65. The van der Waals surface area contributed by atoms with Crippen LogP contribution in [0.1, 0.15) is 16.8 Å². The molecule has 2 nitrogen and oxygen atoms in total. The topological polar surface area (TPSA) is 26.3 Å². The zero-order chi connectivity index (χ0) is 9.97. The summed E-state index contributed by atoms with van der Waals surface area (Å²) in [5.41, 5.74) is 0.699. The molecule has 0 unspecified atom stereocenters. The summed E-state index contributed by atoms with van der Waals surface area (Å²) in [4.78, 5) is 11.8. The molecule has 0 bridgehead atoms. The summed E-state index contributed by atoms with van der Waals surface area (Å²) in [6.07, 6.45) is 2.69. The van der Waals surface area contributed by atoms with Crippen molar-refractivity contribution in [2.75, 3.05) is 6.61 Å². The first kappa shape index (κ1) is 9.71. The molecule has 1 aliphatic heterocycles. The van der Waals surface area contributed by atoms with E-state index in [2.05, 4.69) is 22.6 Å². The van der Waals surface area contributed by atoms with Gasteiger partial charge >= 0.3 is 0 Å². The maximum Gasteiger partial charge on any atom is 0.227 e. The van der Waals surface area contributed by atoms with Gasteiger partial charge in [-0.2, -0.15) is 0 Å². The molecule has 0 radical (unpaired) electrons. The molecule has 2 rings (SSSR count). The minimum absolute atomic E-state index is 0.0129. The second-order valence-electron chi connectivity index (χ2n) is 3.04. The highest BCUT2D eigenvalue weighted by atomic mass is 127. The number of carbonyl (C=O) groups excluding carboxylic acids is 1. The number of hydrogen-bond acceptors (Lipinski definition) is 2. The smallest absolute Gasteiger partial charge is 0.227 e. The van der Waals surface area contributed by atoms with Gasteiger partial charge in [-0.05, 0) is 40.8 Å². The molecule has 1 aliphatic rings. The largest absolute Gasteiger partial charge is 0.489 e. The Kier molecular flexibility index (Phi) is 2.86. The van der Waals surface area contributed by atoms with Crippen molar-refractivity contribution in [3.05, 3.63) is 45.2 Å². The Bertz CT molecular complexity index is 396. The standard InChI is InChI=1S/C11H9IO2/c12-9-4-1-3-8(7-9)11(13)10-5-2-6-14-10/h1,3-5,7H,2,6H2. The lowest BCUT2D eigenvalue weighted by Gasteiger charge is -2.02. The van der Waals surface area contributed by atoms with Crippen LogP contribution in [0, 0.1) is 3.57 Å². The number of hydrogen-bond donors (Lipinski definition) is 0. The molecule has 1 heterocycles. The van der Waals surface area contributed by atoms with Crippen LogP contribution in [-0.4, -0.2) is 12.4 Å². The second kappa shape index (κ2) is 4.13. The number of benzene rings is 1. The molecular formula is C11H9IO2. The molecule has 3 heteroatoms. The summed E-state index contributed by atoms with van der Waals surface area (Å²) < 4.78 is 6.28. The molecular weight excluding hydrogens is 291 g/mol. The zero-order valence-electron chi connectivity index (χ0n) is 7.50. The van der Waals surface area contributed by atoms with Gasteiger partial charge in [0.25, 0.3) is 0 Å². The monoisotopic (exact) mass is 300 g/mol. The Balaban J connectivity index is 2.27. The lowest BCUT2D eigenvalue weighted by molar-refractivity contribution is 0.0942. The van der Waals surface area contributed by atoms with Crippen LogP contribution >= 0.6 is 22.6 Å². The highest BCUT2D eigenvalue weighted by Crippen LogP contribution is 2.17. The van der Waals surface area contributed by atoms with E-state index in [1.807, 2.05) is 30.3 Å². The van der Waals surface area contributed by atoms with Crippen molar-refractivity contribution in [2.45, 2.75) is 6.42 Å². The van der Waals surface area contributed by atoms with Gasteiger partial charge in [-0.3, -0.25) is 4.79 Å². The molecule has 1 aromatic carbocycles. The third-order valence-corrected chi connectivity index (χ3v) is 2.69. The maximum atomic E-state index is 11.8. The fraction of sp³-hybridized carbons (Fsp3) is 0.182. The number of carbonyl (C=O) groups is 1. The van der Waals surface area contributed by atoms with Crippen LogP contribution in [0.5, 0.6) is 0 Å². The fourth-order valence-electron chi connectivity index (χ4n) is 1.35. The minimum atomic E-state index is -0.0129. The van der Waals surface area contributed by atoms with Gasteiger partial charge in [0.05, 0.1) is 6.61 Å². The summed E-state index contributed by atoms with van der Waals surface area (Å²) in [5, 5.41) is 0. The van der Waals surface area contributed by atoms with Gasteiger partial charge in [0.15, 0.2) is 5.76 Å². The van der Waals surface area contributed by atoms with E-state index in [9.17, 15) is 4.79 Å². The van der Waals surface area contributed by atoms with Gasteiger partial charge in [0.1, 0.15) is 0 Å². The van der Waals surface area contributed by atoms with Crippen molar-refractivity contribution in [1.29, 1.82) is 0 Å². The number of ether oxygens (including phenoxy) is 1. The van der Waals surface area contributed by atoms with Crippen LogP contribution in [0.2, 0.25) is 0 Å². The number of halogens is 1. The maximum absolute atomic E-state index is 11.8. The van der Waals surface area contributed by atoms with Crippen LogP contribution in [0.25, 0.3) is 0 Å². The molecule has 0 spiro atoms. The molecule has 72 valence electrons. The van der Waals surface area contributed by atoms with Crippen LogP contribution in [0.3, 0.4) is 0 Å². The first-order valence-corrected chi connectivity index (χ1v) is 5.48. The number of rotatable bonds is 2. The molecule has 0 aromatic heterocycles. The normalized spacial score (nSPS) is 14.8. The summed E-state index contributed by atoms with van der Waals surface area (Å²) in [6, 6.07) is 7.52. The average Bonchev–Trinajstić information content (AvgIpc) is 2.69. The highest BCUT2D eigenvalue weighted by molar-refractivity contribution is 14.1. The van der Waals surface area contributed by atoms with E-state index in [4.69, 9.17) is 4.74 Å². The third-order valence-electron chi connectivity index (χ3n) is 2.02. The molecule has 1 aromatic rings. The lowest BCUT2D eigenvalue weighted by Crippen LogP contribution is -2.03. The number of Topliss-reactive ketones (excluding diaryl/α,β-unsaturated/α-hetero) is 1. The highest BCUT2D eigenvalue weighted by Gasteiger charge is 2.16. The van der Waals surface area contributed by atoms with Crippen LogP contribution in [-0.2, 0) is 4.74 Å². The van der Waals surface area contributed by atoms with E-state index in [0.29, 0.717) is 17.9 Å². The van der Waals surface area contributed by atoms with Crippen molar-refractivity contribution >= 4 is 28.4 Å². The van der Waals surface area contributed by atoms with Crippen molar-refractivity contribution in [3.63, 3.8) is 0 Å². The van der Waals surface area contributed by atoms with Crippen LogP contribution in [0.4, 0.5) is 0 Å². The van der Waals surface area contributed by atoms with Gasteiger partial charge in [-0.15, -0.1) is 0 Å². The molecule has 14 heavy (non-hydrogen) atoms. The Morgan fingerprint density at radius 2 is 2.29 bits per heavy atom. The van der Waals surface area contributed by atoms with E-state index >= 15 is 0 Å². The molecule has 0 saturated carbocycles. The van der Waals surface area contributed by atoms with Gasteiger partial charge < -0.3 is 4.74 Å². The molecule has 0 aliphatic carbocycles. The predicted octanol–water partition coefficient (Wildman–Crippen LogP) is 2.78. The van der Waals surface area contributed by atoms with Crippen LogP contribution < -0.4 is 0 Å². The molecule has 0 N–H and O–H groups in total. The van der Waals surface area contributed by atoms with Gasteiger partial charge in [-0.25, -0.2) is 0 Å². The average molecular weight is 300 g/mol. The molecule has 0 saturated heterocycles. The molecule has 0 atom stereocenters. The minimum Gasteiger partial charge on any atom is -0.489 e. The fourth-order valence-corrected chi connectivity index (χ4v) is 1.89. The first-order chi connectivity index (χ1) is 6.77. The predicted molar refractivity (Wildman–Crippen MR) is 62.1 cm³/mol. The van der Waals surface area contributed by atoms with E-state index in [1.165, 1.54) is 0 Å². The Labute approximate surface area is 96.1 Å². The van der Waals surface area contributed by atoms with Crippen molar-refractivity contribution in [3.8, 4) is 0 Å². The number of ketones is 1. The summed E-state index contributed by atoms with van der Waals surface area (Å²) in [5.74, 6) is 0.480. The molecule has 0 fully saturated rings. The SMILES string of the molecule is O=C(C1=CCCO1)c1cccc(I)c1. The van der Waals surface area contributed by atoms with Crippen molar-refractivity contribution < 1.29 is 9.53 Å². The third kappa shape index (κ3) is 1.97. The van der Waals surface area contributed by atoms with E-state index in [0.717, 1.165) is 9.99 Å². The van der Waals surface area contributed by atoms with Crippen molar-refractivity contribution in [1.82, 2.24) is 0 Å². The summed E-state index contributed by atoms with van der Waals surface area (Å²) in [6.45, 7) is 0.630. The summed E-state index contributed by atoms with van der Waals surface area (Å²) >= 11 is 2.19. The Morgan fingerprint density at radius 3 is 2.93 bits per heavy atom. The van der Waals surface area contributed by atoms with E-state index in [-0.39, 0.29) is 5.78 Å². The van der Waals surface area contributed by atoms with E-state index < -0.39 is 0 Å². The quantitative estimate of drug-likeness (QED) is 0.620. The van der Waals surface area contributed by atoms with E-state index in [1.54, 1.807) is 0 Å². The van der Waals surface area contributed by atoms with Gasteiger partial charge in [-0.1, -0.05) is 12.1 Å². The van der Waals surface area contributed by atoms with Crippen molar-refractivity contribution in [2.24, 2.45) is 0 Å². The molecule has 0 amide bonds. The Hall–Kier alpha value is -0.840. The number of allylic oxidation sites excluding steroid dienone is 1. The summed E-state index contributed by atoms with van der Waals surface area (Å²) in [7, 11) is 0. The lowest BCUT2D eigenvalue weighted by atomic mass is 10.1. The second-order valence-corrected chi connectivity index (χ2v) is 4.29.